The van der Waals surface area contributed by atoms with Crippen molar-refractivity contribution in [1.29, 1.82) is 0 Å². The number of pyridine rings is 1. The van der Waals surface area contributed by atoms with Crippen LogP contribution in [0.4, 0.5) is 5.13 Å². The first-order valence-corrected chi connectivity index (χ1v) is 6.42. The minimum absolute atomic E-state index is 0.509. The maximum Gasteiger partial charge on any atom is 0.185 e. The zero-order valence-corrected chi connectivity index (χ0v) is 10.7. The van der Waals surface area contributed by atoms with Crippen LogP contribution in [-0.4, -0.2) is 23.6 Å². The standard InChI is InChI=1S/C12H16N4S/c1-16(12-15-11(8-13)9-17-12)7-4-10-2-5-14-6-3-10/h2-3,5-6,9H,4,7-8,13H2,1H3. The molecule has 0 unspecified atom stereocenters. The second-order valence-electron chi connectivity index (χ2n) is 3.85. The Morgan fingerprint density at radius 3 is 2.76 bits per heavy atom. The van der Waals surface area contributed by atoms with E-state index in [2.05, 4.69) is 21.9 Å². The van der Waals surface area contributed by atoms with Crippen molar-refractivity contribution in [3.05, 3.63) is 41.2 Å². The van der Waals surface area contributed by atoms with E-state index in [1.54, 1.807) is 11.3 Å². The maximum atomic E-state index is 5.55. The van der Waals surface area contributed by atoms with Gasteiger partial charge in [-0.25, -0.2) is 4.98 Å². The van der Waals surface area contributed by atoms with Gasteiger partial charge in [0.25, 0.3) is 0 Å². The lowest BCUT2D eigenvalue weighted by atomic mass is 10.2. The first-order valence-electron chi connectivity index (χ1n) is 5.54. The molecule has 2 N–H and O–H groups in total. The average Bonchev–Trinajstić information content (AvgIpc) is 2.86. The predicted molar refractivity (Wildman–Crippen MR) is 71.2 cm³/mol. The number of thiazole rings is 1. The molecule has 0 saturated heterocycles. The van der Waals surface area contributed by atoms with Gasteiger partial charge in [0, 0.05) is 37.9 Å². The zero-order valence-electron chi connectivity index (χ0n) is 9.84. The van der Waals surface area contributed by atoms with E-state index in [1.807, 2.05) is 29.9 Å². The van der Waals surface area contributed by atoms with Gasteiger partial charge in [-0.05, 0) is 24.1 Å². The smallest absolute Gasteiger partial charge is 0.185 e. The molecule has 0 aliphatic carbocycles. The molecule has 90 valence electrons. The lowest BCUT2D eigenvalue weighted by Crippen LogP contribution is -2.20. The van der Waals surface area contributed by atoms with Crippen molar-refractivity contribution in [3.63, 3.8) is 0 Å². The van der Waals surface area contributed by atoms with Crippen molar-refractivity contribution >= 4 is 16.5 Å². The number of nitrogens with two attached hydrogens (primary N) is 1. The van der Waals surface area contributed by atoms with E-state index in [0.717, 1.165) is 23.8 Å². The molecule has 0 saturated carbocycles. The third kappa shape index (κ3) is 3.25. The average molecular weight is 248 g/mol. The van der Waals surface area contributed by atoms with Crippen molar-refractivity contribution in [2.75, 3.05) is 18.5 Å². The van der Waals surface area contributed by atoms with Crippen LogP contribution >= 0.6 is 11.3 Å². The first-order chi connectivity index (χ1) is 8.29. The van der Waals surface area contributed by atoms with Gasteiger partial charge in [-0.15, -0.1) is 11.3 Å². The highest BCUT2D eigenvalue weighted by atomic mass is 32.1. The fraction of sp³-hybridized carbons (Fsp3) is 0.333. The molecule has 2 aromatic heterocycles. The summed E-state index contributed by atoms with van der Waals surface area (Å²) in [7, 11) is 2.06. The molecule has 0 atom stereocenters. The monoisotopic (exact) mass is 248 g/mol. The molecule has 0 bridgehead atoms. The Morgan fingerprint density at radius 1 is 1.35 bits per heavy atom. The fourth-order valence-electron chi connectivity index (χ4n) is 1.51. The van der Waals surface area contributed by atoms with Crippen LogP contribution in [0.15, 0.2) is 29.9 Å². The predicted octanol–water partition coefficient (Wildman–Crippen LogP) is 1.68. The summed E-state index contributed by atoms with van der Waals surface area (Å²) in [5, 5.41) is 3.04. The lowest BCUT2D eigenvalue weighted by molar-refractivity contribution is 0.862. The maximum absolute atomic E-state index is 5.55. The highest BCUT2D eigenvalue weighted by molar-refractivity contribution is 7.13. The Kier molecular flexibility index (Phi) is 4.06. The van der Waals surface area contributed by atoms with E-state index in [1.165, 1.54) is 5.56 Å². The summed E-state index contributed by atoms with van der Waals surface area (Å²) in [4.78, 5) is 10.6. The van der Waals surface area contributed by atoms with Crippen LogP contribution in [0.2, 0.25) is 0 Å². The number of likely N-dealkylation sites (N-methyl/N-ethyl adjacent to an activating group) is 1. The third-order valence-corrected chi connectivity index (χ3v) is 3.56. The second-order valence-corrected chi connectivity index (χ2v) is 4.69. The normalized spacial score (nSPS) is 10.5. The first kappa shape index (κ1) is 12.0. The minimum Gasteiger partial charge on any atom is -0.351 e. The SMILES string of the molecule is CN(CCc1ccncc1)c1nc(CN)cs1. The number of hydrogen-bond acceptors (Lipinski definition) is 5. The molecule has 0 aliphatic heterocycles. The molecular formula is C12H16N4S. The van der Waals surface area contributed by atoms with E-state index >= 15 is 0 Å². The van der Waals surface area contributed by atoms with Gasteiger partial charge < -0.3 is 10.6 Å². The van der Waals surface area contributed by atoms with Gasteiger partial charge >= 0.3 is 0 Å². The molecular weight excluding hydrogens is 232 g/mol. The van der Waals surface area contributed by atoms with Gasteiger partial charge in [0.1, 0.15) is 0 Å². The molecule has 0 spiro atoms. The van der Waals surface area contributed by atoms with E-state index in [4.69, 9.17) is 5.73 Å². The van der Waals surface area contributed by atoms with E-state index in [0.29, 0.717) is 6.54 Å². The van der Waals surface area contributed by atoms with Crippen LogP contribution < -0.4 is 10.6 Å². The van der Waals surface area contributed by atoms with E-state index in [9.17, 15) is 0 Å². The van der Waals surface area contributed by atoms with E-state index in [-0.39, 0.29) is 0 Å². The molecule has 0 aromatic carbocycles. The Hall–Kier alpha value is -1.46. The number of anilines is 1. The summed E-state index contributed by atoms with van der Waals surface area (Å²) in [5.74, 6) is 0. The Balaban J connectivity index is 1.91. The molecule has 4 nitrogen and oxygen atoms in total. The largest absolute Gasteiger partial charge is 0.351 e. The Morgan fingerprint density at radius 2 is 2.12 bits per heavy atom. The molecule has 2 rings (SSSR count). The second kappa shape index (κ2) is 5.75. The van der Waals surface area contributed by atoms with Gasteiger partial charge in [-0.1, -0.05) is 0 Å². The van der Waals surface area contributed by atoms with Crippen molar-refractivity contribution in [1.82, 2.24) is 9.97 Å². The number of aromatic nitrogens is 2. The summed E-state index contributed by atoms with van der Waals surface area (Å²) in [6.45, 7) is 1.45. The zero-order chi connectivity index (χ0) is 12.1. The van der Waals surface area contributed by atoms with Crippen molar-refractivity contribution in [2.24, 2.45) is 5.73 Å². The topological polar surface area (TPSA) is 55.0 Å². The highest BCUT2D eigenvalue weighted by Crippen LogP contribution is 2.19. The summed E-state index contributed by atoms with van der Waals surface area (Å²) >= 11 is 1.64. The van der Waals surface area contributed by atoms with Crippen molar-refractivity contribution in [2.45, 2.75) is 13.0 Å². The molecule has 0 aliphatic rings. The third-order valence-electron chi connectivity index (χ3n) is 2.56. The van der Waals surface area contributed by atoms with Gasteiger partial charge in [0.2, 0.25) is 0 Å². The minimum atomic E-state index is 0.509. The van der Waals surface area contributed by atoms with Crippen LogP contribution in [0.3, 0.4) is 0 Å². The highest BCUT2D eigenvalue weighted by Gasteiger charge is 2.06. The summed E-state index contributed by atoms with van der Waals surface area (Å²) in [5.41, 5.74) is 7.80. The molecule has 0 radical (unpaired) electrons. The van der Waals surface area contributed by atoms with Gasteiger partial charge in [0.15, 0.2) is 5.13 Å². The lowest BCUT2D eigenvalue weighted by Gasteiger charge is -2.15. The van der Waals surface area contributed by atoms with Crippen molar-refractivity contribution in [3.8, 4) is 0 Å². The quantitative estimate of drug-likeness (QED) is 0.874. The van der Waals surface area contributed by atoms with Crippen LogP contribution in [0.1, 0.15) is 11.3 Å². The van der Waals surface area contributed by atoms with Gasteiger partial charge in [-0.2, -0.15) is 0 Å². The Labute approximate surface area is 105 Å². The van der Waals surface area contributed by atoms with Gasteiger partial charge in [0.05, 0.1) is 5.69 Å². The van der Waals surface area contributed by atoms with Crippen LogP contribution in [-0.2, 0) is 13.0 Å². The van der Waals surface area contributed by atoms with Crippen LogP contribution in [0.5, 0.6) is 0 Å². The summed E-state index contributed by atoms with van der Waals surface area (Å²) < 4.78 is 0. The Bertz CT molecular complexity index is 455. The molecule has 5 heteroatoms. The summed E-state index contributed by atoms with van der Waals surface area (Å²) in [6.07, 6.45) is 4.65. The van der Waals surface area contributed by atoms with E-state index < -0.39 is 0 Å². The van der Waals surface area contributed by atoms with Crippen LogP contribution in [0.25, 0.3) is 0 Å². The number of nitrogens with zero attached hydrogens (tertiary/aromatic N) is 3. The molecule has 0 amide bonds. The van der Waals surface area contributed by atoms with Gasteiger partial charge in [-0.3, -0.25) is 4.98 Å². The molecule has 0 fully saturated rings. The van der Waals surface area contributed by atoms with Crippen LogP contribution in [0, 0.1) is 0 Å². The fourth-order valence-corrected chi connectivity index (χ4v) is 2.34. The van der Waals surface area contributed by atoms with Crippen molar-refractivity contribution < 1.29 is 0 Å². The molecule has 2 heterocycles. The summed E-state index contributed by atoms with van der Waals surface area (Å²) in [6, 6.07) is 4.09. The molecule has 2 aromatic rings. The number of hydrogen-bond donors (Lipinski definition) is 1. The number of rotatable bonds is 5. The molecule has 17 heavy (non-hydrogen) atoms.